The zero-order valence-electron chi connectivity index (χ0n) is 13.6. The summed E-state index contributed by atoms with van der Waals surface area (Å²) in [6.07, 6.45) is 6.97. The summed E-state index contributed by atoms with van der Waals surface area (Å²) in [6.45, 7) is 5.03. The molecular weight excluding hydrogens is 278 g/mol. The standard InChI is InChI=1S/C17H29N3O2/c1-12(14-6-7-14)19-16(21)11-20-8-2-3-15(10-20)17(22)18-9-13-4-5-13/h12-15H,2-11H2,1H3,(H,18,22)(H,19,21)/t12-,15+/m0/s1. The predicted molar refractivity (Wildman–Crippen MR) is 85.2 cm³/mol. The molecule has 2 aliphatic carbocycles. The topological polar surface area (TPSA) is 61.4 Å². The van der Waals surface area contributed by atoms with Gasteiger partial charge in [0.2, 0.25) is 11.8 Å². The molecule has 2 N–H and O–H groups in total. The van der Waals surface area contributed by atoms with Gasteiger partial charge < -0.3 is 10.6 Å². The van der Waals surface area contributed by atoms with Crippen molar-refractivity contribution in [3.63, 3.8) is 0 Å². The average molecular weight is 307 g/mol. The lowest BCUT2D eigenvalue weighted by molar-refractivity contribution is -0.129. The van der Waals surface area contributed by atoms with Crippen LogP contribution < -0.4 is 10.6 Å². The van der Waals surface area contributed by atoms with Crippen LogP contribution in [0, 0.1) is 17.8 Å². The molecule has 0 unspecified atom stereocenters. The van der Waals surface area contributed by atoms with Crippen molar-refractivity contribution in [2.45, 2.75) is 51.5 Å². The van der Waals surface area contributed by atoms with E-state index in [1.54, 1.807) is 0 Å². The van der Waals surface area contributed by atoms with Gasteiger partial charge in [0.25, 0.3) is 0 Å². The summed E-state index contributed by atoms with van der Waals surface area (Å²) < 4.78 is 0. The number of piperidine rings is 1. The molecule has 2 amide bonds. The zero-order valence-corrected chi connectivity index (χ0v) is 13.6. The van der Waals surface area contributed by atoms with Gasteiger partial charge in [0.1, 0.15) is 0 Å². The van der Waals surface area contributed by atoms with E-state index < -0.39 is 0 Å². The summed E-state index contributed by atoms with van der Waals surface area (Å²) in [6, 6.07) is 0.301. The number of carbonyl (C=O) groups excluding carboxylic acids is 2. The fourth-order valence-electron chi connectivity index (χ4n) is 3.34. The second-order valence-electron chi connectivity index (χ2n) is 7.46. The van der Waals surface area contributed by atoms with Crippen LogP contribution >= 0.6 is 0 Å². The molecule has 0 bridgehead atoms. The highest BCUT2D eigenvalue weighted by molar-refractivity contribution is 5.80. The molecule has 0 aromatic rings. The summed E-state index contributed by atoms with van der Waals surface area (Å²) in [5, 5.41) is 6.18. The second kappa shape index (κ2) is 6.99. The SMILES string of the molecule is C[C@H](NC(=O)CN1CCC[C@@H](C(=O)NCC2CC2)C1)C1CC1. The fourth-order valence-corrected chi connectivity index (χ4v) is 3.34. The van der Waals surface area contributed by atoms with Gasteiger partial charge in [0.15, 0.2) is 0 Å². The number of likely N-dealkylation sites (tertiary alicyclic amines) is 1. The van der Waals surface area contributed by atoms with Gasteiger partial charge in [0.05, 0.1) is 12.5 Å². The summed E-state index contributed by atoms with van der Waals surface area (Å²) in [5.41, 5.74) is 0. The van der Waals surface area contributed by atoms with Gasteiger partial charge in [-0.15, -0.1) is 0 Å². The van der Waals surface area contributed by atoms with Crippen LogP contribution in [-0.4, -0.2) is 48.9 Å². The molecule has 3 aliphatic rings. The van der Waals surface area contributed by atoms with Crippen LogP contribution in [0.4, 0.5) is 0 Å². The van der Waals surface area contributed by atoms with Gasteiger partial charge in [-0.2, -0.15) is 0 Å². The molecule has 2 saturated carbocycles. The maximum absolute atomic E-state index is 12.2. The monoisotopic (exact) mass is 307 g/mol. The van der Waals surface area contributed by atoms with Crippen LogP contribution in [0.3, 0.4) is 0 Å². The largest absolute Gasteiger partial charge is 0.356 e. The molecule has 3 rings (SSSR count). The van der Waals surface area contributed by atoms with Crippen LogP contribution in [0.25, 0.3) is 0 Å². The quantitative estimate of drug-likeness (QED) is 0.741. The maximum atomic E-state index is 12.2. The van der Waals surface area contributed by atoms with Gasteiger partial charge in [-0.3, -0.25) is 14.5 Å². The molecule has 5 nitrogen and oxygen atoms in total. The van der Waals surface area contributed by atoms with Crippen LogP contribution in [-0.2, 0) is 9.59 Å². The van der Waals surface area contributed by atoms with E-state index >= 15 is 0 Å². The van der Waals surface area contributed by atoms with Gasteiger partial charge in [-0.05, 0) is 63.8 Å². The first-order valence-electron chi connectivity index (χ1n) is 8.91. The molecule has 0 aromatic carbocycles. The van der Waals surface area contributed by atoms with E-state index in [9.17, 15) is 9.59 Å². The highest BCUT2D eigenvalue weighted by Gasteiger charge is 2.31. The molecule has 0 spiro atoms. The van der Waals surface area contributed by atoms with Crippen LogP contribution in [0.1, 0.15) is 45.4 Å². The molecule has 0 radical (unpaired) electrons. The molecule has 3 fully saturated rings. The number of hydrogen-bond donors (Lipinski definition) is 2. The van der Waals surface area contributed by atoms with Crippen molar-refractivity contribution in [1.82, 2.24) is 15.5 Å². The fraction of sp³-hybridized carbons (Fsp3) is 0.882. The lowest BCUT2D eigenvalue weighted by Crippen LogP contribution is -2.48. The van der Waals surface area contributed by atoms with Crippen molar-refractivity contribution in [2.75, 3.05) is 26.2 Å². The van der Waals surface area contributed by atoms with Crippen LogP contribution in [0.2, 0.25) is 0 Å². The number of nitrogens with one attached hydrogen (secondary N) is 2. The first-order valence-corrected chi connectivity index (χ1v) is 8.91. The van der Waals surface area contributed by atoms with Crippen LogP contribution in [0.5, 0.6) is 0 Å². The third-order valence-corrected chi connectivity index (χ3v) is 5.22. The Morgan fingerprint density at radius 1 is 1.18 bits per heavy atom. The Kier molecular flexibility index (Phi) is 5.01. The Morgan fingerprint density at radius 2 is 1.95 bits per heavy atom. The molecule has 0 aromatic heterocycles. The van der Waals surface area contributed by atoms with E-state index in [-0.39, 0.29) is 17.7 Å². The van der Waals surface area contributed by atoms with E-state index in [0.717, 1.165) is 38.4 Å². The van der Waals surface area contributed by atoms with E-state index in [4.69, 9.17) is 0 Å². The summed E-state index contributed by atoms with van der Waals surface area (Å²) >= 11 is 0. The maximum Gasteiger partial charge on any atom is 0.234 e. The van der Waals surface area contributed by atoms with Crippen molar-refractivity contribution in [1.29, 1.82) is 0 Å². The predicted octanol–water partition coefficient (Wildman–Crippen LogP) is 1.14. The lowest BCUT2D eigenvalue weighted by Gasteiger charge is -2.31. The summed E-state index contributed by atoms with van der Waals surface area (Å²) in [7, 11) is 0. The average Bonchev–Trinajstić information content (AvgIpc) is 3.38. The minimum absolute atomic E-state index is 0.0566. The van der Waals surface area contributed by atoms with Gasteiger partial charge in [0, 0.05) is 19.1 Å². The molecule has 1 aliphatic heterocycles. The first kappa shape index (κ1) is 15.8. The summed E-state index contributed by atoms with van der Waals surface area (Å²) in [4.78, 5) is 26.4. The van der Waals surface area contributed by atoms with Crippen molar-refractivity contribution < 1.29 is 9.59 Å². The molecule has 124 valence electrons. The van der Waals surface area contributed by atoms with E-state index in [1.165, 1.54) is 25.7 Å². The molecule has 5 heteroatoms. The molecule has 1 saturated heterocycles. The summed E-state index contributed by atoms with van der Waals surface area (Å²) in [5.74, 6) is 1.76. The Labute approximate surface area is 133 Å². The minimum atomic E-state index is 0.0566. The number of hydrogen-bond acceptors (Lipinski definition) is 3. The molecule has 22 heavy (non-hydrogen) atoms. The number of nitrogens with zero attached hydrogens (tertiary/aromatic N) is 1. The van der Waals surface area contributed by atoms with E-state index in [1.807, 2.05) is 0 Å². The van der Waals surface area contributed by atoms with Crippen molar-refractivity contribution in [3.05, 3.63) is 0 Å². The normalized spacial score (nSPS) is 27.2. The van der Waals surface area contributed by atoms with Gasteiger partial charge in [-0.1, -0.05) is 0 Å². The Morgan fingerprint density at radius 3 is 2.64 bits per heavy atom. The van der Waals surface area contributed by atoms with Gasteiger partial charge in [-0.25, -0.2) is 0 Å². The van der Waals surface area contributed by atoms with E-state index in [0.29, 0.717) is 18.5 Å². The Bertz CT molecular complexity index is 418. The van der Waals surface area contributed by atoms with Crippen molar-refractivity contribution >= 4 is 11.8 Å². The number of carbonyl (C=O) groups is 2. The second-order valence-corrected chi connectivity index (χ2v) is 7.46. The van der Waals surface area contributed by atoms with Crippen molar-refractivity contribution in [2.24, 2.45) is 17.8 Å². The third kappa shape index (κ3) is 4.70. The molecule has 1 heterocycles. The third-order valence-electron chi connectivity index (χ3n) is 5.22. The van der Waals surface area contributed by atoms with Crippen molar-refractivity contribution in [3.8, 4) is 0 Å². The smallest absolute Gasteiger partial charge is 0.234 e. The number of amides is 2. The number of rotatable bonds is 7. The zero-order chi connectivity index (χ0) is 15.5. The minimum Gasteiger partial charge on any atom is -0.356 e. The Hall–Kier alpha value is -1.10. The highest BCUT2D eigenvalue weighted by Crippen LogP contribution is 2.32. The highest BCUT2D eigenvalue weighted by atomic mass is 16.2. The molecule has 2 atom stereocenters. The van der Waals surface area contributed by atoms with E-state index in [2.05, 4.69) is 22.5 Å². The van der Waals surface area contributed by atoms with Crippen LogP contribution in [0.15, 0.2) is 0 Å². The molecular formula is C17H29N3O2. The first-order chi connectivity index (χ1) is 10.6. The lowest BCUT2D eigenvalue weighted by atomic mass is 9.97. The Balaban J connectivity index is 1.39. The van der Waals surface area contributed by atoms with Gasteiger partial charge >= 0.3 is 0 Å².